The molecule has 6 rings (SSSR count). The summed E-state index contributed by atoms with van der Waals surface area (Å²) in [6.07, 6.45) is 6.83. The third-order valence-electron chi connectivity index (χ3n) is 12.6. The first kappa shape index (κ1) is 50.6. The Balaban J connectivity index is 1.20. The van der Waals surface area contributed by atoms with Gasteiger partial charge in [0.25, 0.3) is 0 Å². The summed E-state index contributed by atoms with van der Waals surface area (Å²) >= 11 is 0. The largest absolute Gasteiger partial charge is 0.370 e. The summed E-state index contributed by atoms with van der Waals surface area (Å²) in [5.74, 6) is -5.43. The van der Waals surface area contributed by atoms with Crippen molar-refractivity contribution in [3.8, 4) is 0 Å². The number of carbonyl (C=O) groups is 8. The van der Waals surface area contributed by atoms with Crippen LogP contribution < -0.4 is 49.1 Å². The van der Waals surface area contributed by atoms with Gasteiger partial charge in [-0.25, -0.2) is 4.98 Å². The number of nitrogens with zero attached hydrogens (tertiary/aromatic N) is 3. The van der Waals surface area contributed by atoms with E-state index in [0.717, 1.165) is 22.9 Å². The minimum absolute atomic E-state index is 0.00206. The van der Waals surface area contributed by atoms with Crippen LogP contribution in [0.15, 0.2) is 78.3 Å². The van der Waals surface area contributed by atoms with Crippen molar-refractivity contribution in [1.29, 1.82) is 0 Å². The molecule has 2 aliphatic rings. The second kappa shape index (κ2) is 22.8. The molecule has 8 atom stereocenters. The van der Waals surface area contributed by atoms with Crippen LogP contribution in [0.25, 0.3) is 10.9 Å². The second-order valence-electron chi connectivity index (χ2n) is 17.7. The van der Waals surface area contributed by atoms with Gasteiger partial charge in [-0.05, 0) is 43.4 Å². The van der Waals surface area contributed by atoms with Gasteiger partial charge in [0, 0.05) is 61.6 Å². The van der Waals surface area contributed by atoms with Crippen LogP contribution in [-0.2, 0) is 57.6 Å². The molecule has 22 nitrogen and oxygen atoms in total. The number of fused-ring (bicyclic) bond motifs is 2. The number of amides is 8. The number of carbonyl (C=O) groups excluding carboxylic acids is 8. The number of hydrogen-bond acceptors (Lipinski definition) is 10. The highest BCUT2D eigenvalue weighted by atomic mass is 16.2. The average molecular weight is 951 g/mol. The number of guanidine groups is 1. The number of H-pyrrole nitrogens is 2. The predicted octanol–water partition coefficient (Wildman–Crippen LogP) is -1.05. The lowest BCUT2D eigenvalue weighted by Gasteiger charge is -2.33. The number of para-hydroxylation sites is 1. The van der Waals surface area contributed by atoms with Crippen molar-refractivity contribution in [2.75, 3.05) is 6.54 Å². The molecule has 8 amide bonds. The minimum atomic E-state index is -1.30. The highest BCUT2D eigenvalue weighted by molar-refractivity contribution is 5.99. The fourth-order valence-corrected chi connectivity index (χ4v) is 9.07. The summed E-state index contributed by atoms with van der Waals surface area (Å²) in [5.41, 5.74) is 18.9. The fraction of sp³-hybridized carbons (Fsp3) is 0.447. The number of nitrogens with one attached hydrogen (secondary N) is 8. The number of primary amides is 1. The maximum atomic E-state index is 14.5. The molecule has 0 spiro atoms. The molecule has 69 heavy (non-hydrogen) atoms. The fourth-order valence-electron chi connectivity index (χ4n) is 9.07. The van der Waals surface area contributed by atoms with Crippen molar-refractivity contribution < 1.29 is 38.4 Å². The van der Waals surface area contributed by atoms with Crippen LogP contribution in [0.3, 0.4) is 0 Å². The Bertz CT molecular complexity index is 2530. The second-order valence-corrected chi connectivity index (χ2v) is 17.7. The van der Waals surface area contributed by atoms with Gasteiger partial charge >= 0.3 is 0 Å². The zero-order valence-corrected chi connectivity index (χ0v) is 38.9. The first-order valence-corrected chi connectivity index (χ1v) is 23.0. The van der Waals surface area contributed by atoms with Crippen LogP contribution in [0.1, 0.15) is 76.1 Å². The zero-order valence-electron chi connectivity index (χ0n) is 38.9. The molecule has 2 aromatic heterocycles. The van der Waals surface area contributed by atoms with Gasteiger partial charge in [0.05, 0.1) is 18.4 Å². The number of rotatable bonds is 23. The van der Waals surface area contributed by atoms with Crippen LogP contribution in [0.4, 0.5) is 0 Å². The lowest BCUT2D eigenvalue weighted by atomic mass is 9.92. The molecule has 2 saturated heterocycles. The van der Waals surface area contributed by atoms with Crippen molar-refractivity contribution in [2.45, 2.75) is 126 Å². The number of hydrogen-bond donors (Lipinski definition) is 11. The number of aromatic nitrogens is 3. The van der Waals surface area contributed by atoms with Gasteiger partial charge in [-0.1, -0.05) is 68.3 Å². The number of aromatic amines is 2. The third-order valence-corrected chi connectivity index (χ3v) is 12.6. The Morgan fingerprint density at radius 1 is 0.826 bits per heavy atom. The van der Waals surface area contributed by atoms with Gasteiger partial charge in [0.15, 0.2) is 5.96 Å². The van der Waals surface area contributed by atoms with E-state index in [-0.39, 0.29) is 51.0 Å². The van der Waals surface area contributed by atoms with Gasteiger partial charge in [-0.3, -0.25) is 43.3 Å². The van der Waals surface area contributed by atoms with Crippen molar-refractivity contribution in [3.63, 3.8) is 0 Å². The number of aliphatic imine (C=N–C) groups is 1. The van der Waals surface area contributed by atoms with E-state index in [1.165, 1.54) is 31.3 Å². The summed E-state index contributed by atoms with van der Waals surface area (Å²) in [6, 6.07) is 8.31. The number of unbranched alkanes of at least 4 members (excludes halogenated alkanes) is 1. The van der Waals surface area contributed by atoms with E-state index in [1.807, 2.05) is 31.2 Å². The molecular formula is C47H62N14O8. The molecular weight excluding hydrogens is 889 g/mol. The molecule has 2 fully saturated rings. The number of benzene rings is 2. The quantitative estimate of drug-likeness (QED) is 0.0315. The number of nitrogens with two attached hydrogens (primary N) is 3. The highest BCUT2D eigenvalue weighted by Crippen LogP contribution is 2.44. The molecule has 368 valence electrons. The normalized spacial score (nSPS) is 19.5. The summed E-state index contributed by atoms with van der Waals surface area (Å²) in [5, 5.41) is 17.1. The van der Waals surface area contributed by atoms with E-state index in [2.05, 4.69) is 51.8 Å². The Morgan fingerprint density at radius 3 is 2.20 bits per heavy atom. The van der Waals surface area contributed by atoms with Crippen LogP contribution in [0, 0.1) is 0 Å². The standard InChI is InChI=1S/C47H62N14O8/c1-4-5-14-33(56-27(3)62)41(65)55-26(2)40(64)58-36(20-30-23-51-25-54-30)43(67)59-35(18-28-11-7-6-8-12-28)42(66)60-37-21-47(24-53-46(49)50)17-16-38(61(47)45(37)69)44(68)57-34(39(48)63)19-29-22-52-32-15-10-9-13-31(29)32/h6-13,15,22-23,25-26,33-38,52H,4-5,14,16-21,24H2,1-3H3,(H2,48,63)(H,51,54)(H,55,65)(H,56,62)(H,57,68)(H,58,64)(H,59,67)(H,60,66)(H4,49,50,53)/t26-,33-,34+,35+,36-,37-,38+,47?/m0/s1. The molecule has 2 aliphatic heterocycles. The lowest BCUT2D eigenvalue weighted by Crippen LogP contribution is -2.59. The Labute approximate surface area is 398 Å². The molecule has 22 heteroatoms. The SMILES string of the molecule is CCCC[C@H](NC(C)=O)C(=O)N[C@@H](C)C(=O)N[C@@H](Cc1cnc[nH]1)C(=O)N[C@H](Cc1ccccc1)C(=O)N[C@H]1CC2(CN=C(N)N)CC[C@H](C(=O)N[C@H](Cc3c[nH]c4ccccc34)C(N)=O)N2C1=O. The minimum Gasteiger partial charge on any atom is -0.370 e. The molecule has 1 unspecified atom stereocenters. The molecule has 4 heterocycles. The summed E-state index contributed by atoms with van der Waals surface area (Å²) in [6.45, 7) is 4.59. The lowest BCUT2D eigenvalue weighted by molar-refractivity contribution is -0.141. The third kappa shape index (κ3) is 12.8. The Kier molecular flexibility index (Phi) is 16.7. The molecule has 14 N–H and O–H groups in total. The number of imidazole rings is 1. The van der Waals surface area contributed by atoms with Crippen LogP contribution in [0.2, 0.25) is 0 Å². The van der Waals surface area contributed by atoms with E-state index in [1.54, 1.807) is 36.5 Å². The van der Waals surface area contributed by atoms with Gasteiger partial charge < -0.3 is 64.0 Å². The molecule has 0 bridgehead atoms. The van der Waals surface area contributed by atoms with E-state index in [9.17, 15) is 38.4 Å². The zero-order chi connectivity index (χ0) is 49.8. The van der Waals surface area contributed by atoms with E-state index >= 15 is 0 Å². The van der Waals surface area contributed by atoms with E-state index < -0.39 is 95.1 Å². The molecule has 0 radical (unpaired) electrons. The summed E-state index contributed by atoms with van der Waals surface area (Å²) in [7, 11) is 0. The highest BCUT2D eigenvalue weighted by Gasteiger charge is 2.59. The Morgan fingerprint density at radius 2 is 1.52 bits per heavy atom. The molecule has 4 aromatic rings. The molecule has 2 aromatic carbocycles. The van der Waals surface area contributed by atoms with Crippen LogP contribution in [0.5, 0.6) is 0 Å². The van der Waals surface area contributed by atoms with Crippen LogP contribution >= 0.6 is 0 Å². The van der Waals surface area contributed by atoms with Gasteiger partial charge in [-0.15, -0.1) is 0 Å². The Hall–Kier alpha value is -7.78. The average Bonchev–Trinajstić information content (AvgIpc) is 4.12. The topological polar surface area (TPSA) is 347 Å². The monoisotopic (exact) mass is 950 g/mol. The molecule has 0 saturated carbocycles. The maximum absolute atomic E-state index is 14.5. The van der Waals surface area contributed by atoms with E-state index in [0.29, 0.717) is 24.1 Å². The first-order valence-electron chi connectivity index (χ1n) is 23.0. The summed E-state index contributed by atoms with van der Waals surface area (Å²) < 4.78 is 0. The summed E-state index contributed by atoms with van der Waals surface area (Å²) in [4.78, 5) is 125. The van der Waals surface area contributed by atoms with Gasteiger partial charge in [-0.2, -0.15) is 0 Å². The van der Waals surface area contributed by atoms with Crippen molar-refractivity contribution >= 4 is 64.1 Å². The smallest absolute Gasteiger partial charge is 0.246 e. The van der Waals surface area contributed by atoms with Gasteiger partial charge in [0.1, 0.15) is 42.3 Å². The maximum Gasteiger partial charge on any atom is 0.246 e. The van der Waals surface area contributed by atoms with Crippen molar-refractivity contribution in [2.24, 2.45) is 22.2 Å². The first-order chi connectivity index (χ1) is 33.0. The van der Waals surface area contributed by atoms with Gasteiger partial charge in [0.2, 0.25) is 47.3 Å². The molecule has 0 aliphatic carbocycles. The van der Waals surface area contributed by atoms with Crippen LogP contribution in [-0.4, -0.2) is 127 Å². The van der Waals surface area contributed by atoms with Crippen molar-refractivity contribution in [1.82, 2.24) is 51.8 Å². The predicted molar refractivity (Wildman–Crippen MR) is 254 cm³/mol. The van der Waals surface area contributed by atoms with E-state index in [4.69, 9.17) is 17.2 Å². The van der Waals surface area contributed by atoms with Crippen molar-refractivity contribution in [3.05, 3.63) is 90.1 Å².